The molecule has 0 radical (unpaired) electrons. The predicted octanol–water partition coefficient (Wildman–Crippen LogP) is 3.09. The van der Waals surface area contributed by atoms with Crippen LogP contribution in [0.15, 0.2) is 41.5 Å². The summed E-state index contributed by atoms with van der Waals surface area (Å²) in [7, 11) is 2.99. The van der Waals surface area contributed by atoms with E-state index in [4.69, 9.17) is 9.47 Å². The van der Waals surface area contributed by atoms with E-state index in [1.165, 1.54) is 25.5 Å². The van der Waals surface area contributed by atoms with Gasteiger partial charge in [0.15, 0.2) is 0 Å². The monoisotopic (exact) mass is 424 g/mol. The number of hydrogen-bond acceptors (Lipinski definition) is 6. The van der Waals surface area contributed by atoms with Crippen LogP contribution in [0.1, 0.15) is 47.6 Å². The first kappa shape index (κ1) is 21.1. The summed E-state index contributed by atoms with van der Waals surface area (Å²) in [5.74, 6) is 0.302. The largest absolute Gasteiger partial charge is 0.497 e. The molecule has 0 amide bonds. The number of aromatic nitrogens is 3. The number of carbonyl (C=O) groups excluding carboxylic acids is 1. The molecule has 3 aliphatic rings. The van der Waals surface area contributed by atoms with Gasteiger partial charge >= 0.3 is 5.97 Å². The van der Waals surface area contributed by atoms with Crippen LogP contribution in [0.5, 0.6) is 5.75 Å². The first-order valence-electron chi connectivity index (χ1n) is 10.6. The van der Waals surface area contributed by atoms with Gasteiger partial charge in [-0.25, -0.2) is 9.89 Å². The normalized spacial score (nSPS) is 16.1. The summed E-state index contributed by atoms with van der Waals surface area (Å²) < 4.78 is 12.2. The highest BCUT2D eigenvalue weighted by atomic mass is 16.5. The van der Waals surface area contributed by atoms with E-state index in [2.05, 4.69) is 27.2 Å². The van der Waals surface area contributed by atoms with Crippen molar-refractivity contribution in [3.63, 3.8) is 0 Å². The van der Waals surface area contributed by atoms with Gasteiger partial charge in [0.2, 0.25) is 0 Å². The van der Waals surface area contributed by atoms with E-state index < -0.39 is 5.97 Å². The number of H-pyrrole nitrogens is 1. The van der Waals surface area contributed by atoms with Gasteiger partial charge in [0.25, 0.3) is 5.56 Å². The van der Waals surface area contributed by atoms with Gasteiger partial charge in [-0.3, -0.25) is 9.69 Å². The van der Waals surface area contributed by atoms with E-state index in [9.17, 15) is 9.59 Å². The molecule has 0 aromatic heterocycles. The van der Waals surface area contributed by atoms with Crippen LogP contribution in [0.25, 0.3) is 11.3 Å². The maximum atomic E-state index is 12.3. The molecule has 1 saturated heterocycles. The summed E-state index contributed by atoms with van der Waals surface area (Å²) in [4.78, 5) is 27.1. The molecule has 1 fully saturated rings. The van der Waals surface area contributed by atoms with E-state index in [1.807, 2.05) is 16.7 Å². The Hall–Kier alpha value is -3.13. The topological polar surface area (TPSA) is 89.5 Å². The lowest BCUT2D eigenvalue weighted by atomic mass is 10.0. The van der Waals surface area contributed by atoms with Crippen LogP contribution in [-0.4, -0.2) is 52.9 Å². The third kappa shape index (κ3) is 4.49. The van der Waals surface area contributed by atoms with Crippen LogP contribution in [0.3, 0.4) is 0 Å². The van der Waals surface area contributed by atoms with Gasteiger partial charge in [0.1, 0.15) is 17.0 Å². The minimum absolute atomic E-state index is 0.0963. The van der Waals surface area contributed by atoms with Crippen LogP contribution in [0.2, 0.25) is 0 Å². The molecular weight excluding hydrogens is 396 g/mol. The average Bonchev–Trinajstić information content (AvgIpc) is 3.00. The fourth-order valence-corrected chi connectivity index (χ4v) is 4.32. The predicted molar refractivity (Wildman–Crippen MR) is 117 cm³/mol. The van der Waals surface area contributed by atoms with Crippen molar-refractivity contribution in [2.75, 3.05) is 27.3 Å². The molecule has 1 unspecified atom stereocenters. The first-order chi connectivity index (χ1) is 15.1. The van der Waals surface area contributed by atoms with Gasteiger partial charge in [0.05, 0.1) is 25.8 Å². The highest BCUT2D eigenvalue weighted by Crippen LogP contribution is 2.29. The minimum atomic E-state index is -0.512. The Morgan fingerprint density at radius 1 is 1.10 bits per heavy atom. The molecular formula is C23H28N4O4. The number of benzene rings is 1. The van der Waals surface area contributed by atoms with Crippen molar-refractivity contribution in [3.05, 3.63) is 58.1 Å². The molecule has 0 spiro atoms. The molecule has 1 N–H and O–H groups in total. The van der Waals surface area contributed by atoms with E-state index >= 15 is 0 Å². The Morgan fingerprint density at radius 3 is 2.45 bits per heavy atom. The number of aromatic amines is 1. The smallest absolute Gasteiger partial charge is 0.341 e. The number of ether oxygens (including phenoxy) is 2. The van der Waals surface area contributed by atoms with Gasteiger partial charge in [-0.05, 0) is 43.6 Å². The van der Waals surface area contributed by atoms with Gasteiger partial charge in [0, 0.05) is 18.9 Å². The minimum Gasteiger partial charge on any atom is -0.497 e. The summed E-state index contributed by atoms with van der Waals surface area (Å²) in [5.41, 5.74) is 1.86. The third-order valence-corrected chi connectivity index (χ3v) is 5.99. The first-order valence-corrected chi connectivity index (χ1v) is 10.6. The number of methoxy groups -OCH3 is 2. The quantitative estimate of drug-likeness (QED) is 0.612. The lowest BCUT2D eigenvalue weighted by Crippen LogP contribution is -2.33. The number of hydrogen-bond donors (Lipinski definition) is 1. The second-order valence-electron chi connectivity index (χ2n) is 7.91. The van der Waals surface area contributed by atoms with Gasteiger partial charge < -0.3 is 14.0 Å². The van der Waals surface area contributed by atoms with Crippen molar-refractivity contribution < 1.29 is 14.3 Å². The molecule has 8 nitrogen and oxygen atoms in total. The average molecular weight is 425 g/mol. The van der Waals surface area contributed by atoms with E-state index in [-0.39, 0.29) is 17.2 Å². The van der Waals surface area contributed by atoms with Crippen LogP contribution >= 0.6 is 0 Å². The Labute approximate surface area is 181 Å². The van der Waals surface area contributed by atoms with Crippen molar-refractivity contribution >= 4 is 5.97 Å². The molecule has 164 valence electrons. The van der Waals surface area contributed by atoms with Crippen LogP contribution in [-0.2, 0) is 11.3 Å². The van der Waals surface area contributed by atoms with Crippen LogP contribution in [0, 0.1) is 0 Å². The van der Waals surface area contributed by atoms with Crippen molar-refractivity contribution in [1.29, 1.82) is 0 Å². The van der Waals surface area contributed by atoms with E-state index in [0.717, 1.165) is 31.7 Å². The van der Waals surface area contributed by atoms with Gasteiger partial charge in [-0.2, -0.15) is 5.10 Å². The summed E-state index contributed by atoms with van der Waals surface area (Å²) >= 11 is 0. The molecule has 1 aromatic carbocycles. The van der Waals surface area contributed by atoms with Crippen LogP contribution < -0.4 is 10.3 Å². The molecule has 4 rings (SSSR count). The number of nitrogens with one attached hydrogen (secondary N) is 1. The Morgan fingerprint density at radius 2 is 1.81 bits per heavy atom. The summed E-state index contributed by atoms with van der Waals surface area (Å²) in [6.07, 6.45) is 8.30. The fraction of sp³-hybridized carbons (Fsp3) is 0.435. The molecule has 0 saturated carbocycles. The molecule has 8 heteroatoms. The van der Waals surface area contributed by atoms with Crippen molar-refractivity contribution in [1.82, 2.24) is 19.7 Å². The number of esters is 1. The van der Waals surface area contributed by atoms with Gasteiger partial charge in [-0.1, -0.05) is 25.0 Å². The lowest BCUT2D eigenvalue weighted by molar-refractivity contribution is 0.0600. The summed E-state index contributed by atoms with van der Waals surface area (Å²) in [5, 5.41) is 6.45. The van der Waals surface area contributed by atoms with Crippen LogP contribution in [0.4, 0.5) is 0 Å². The third-order valence-electron chi connectivity index (χ3n) is 5.99. The second-order valence-corrected chi connectivity index (χ2v) is 7.91. The number of rotatable bonds is 6. The second kappa shape index (κ2) is 9.34. The number of pyridine rings is 1. The van der Waals surface area contributed by atoms with Gasteiger partial charge in [-0.15, -0.1) is 0 Å². The summed E-state index contributed by atoms with van der Waals surface area (Å²) in [6.45, 7) is 2.63. The van der Waals surface area contributed by atoms with Crippen molar-refractivity contribution in [2.24, 2.45) is 0 Å². The maximum Gasteiger partial charge on any atom is 0.341 e. The molecule has 3 heterocycles. The van der Waals surface area contributed by atoms with Crippen molar-refractivity contribution in [2.45, 2.75) is 38.3 Å². The van der Waals surface area contributed by atoms with Crippen molar-refractivity contribution in [3.8, 4) is 17.0 Å². The zero-order valence-corrected chi connectivity index (χ0v) is 18.0. The number of likely N-dealkylation sites (tertiary alicyclic amines) is 1. The fourth-order valence-electron chi connectivity index (χ4n) is 4.32. The SMILES string of the molecule is COC(=O)c1cn(CC(c2ccc(OC)cc2)N2CCCCCC2)cc2c(=O)[nH]nc1-2. The Kier molecular flexibility index (Phi) is 6.36. The highest BCUT2D eigenvalue weighted by Gasteiger charge is 2.25. The zero-order chi connectivity index (χ0) is 21.8. The number of nitrogens with zero attached hydrogens (tertiary/aromatic N) is 3. The summed E-state index contributed by atoms with van der Waals surface area (Å²) in [6, 6.07) is 8.22. The highest BCUT2D eigenvalue weighted by molar-refractivity contribution is 5.95. The number of fused-ring (bicyclic) bond motifs is 1. The lowest BCUT2D eigenvalue weighted by Gasteiger charge is -2.32. The molecule has 0 bridgehead atoms. The maximum absolute atomic E-state index is 12.3. The van der Waals surface area contributed by atoms with E-state index in [1.54, 1.807) is 19.5 Å². The molecule has 0 aliphatic carbocycles. The molecule has 31 heavy (non-hydrogen) atoms. The zero-order valence-electron chi connectivity index (χ0n) is 18.0. The number of carbonyl (C=O) groups is 1. The molecule has 1 aromatic rings. The molecule has 3 aliphatic heterocycles. The van der Waals surface area contributed by atoms with E-state index in [0.29, 0.717) is 17.8 Å². The Bertz CT molecular complexity index is 1050. The Balaban J connectivity index is 1.74. The standard InChI is InChI=1S/C23H28N4O4/c1-30-17-9-7-16(8-10-17)20(27-11-5-3-4-6-12-27)15-26-13-18-21(24-25-22(18)28)19(14-26)23(29)31-2/h7-10,13-14,20H,3-6,11-12,15H2,1-2H3,(H,25,28). The molecule has 1 atom stereocenters.